The number of benzene rings is 1. The Morgan fingerprint density at radius 2 is 2.24 bits per heavy atom. The van der Waals surface area contributed by atoms with Crippen LogP contribution in [-0.2, 0) is 9.59 Å². The number of hydrogen-bond donors (Lipinski definition) is 2. The van der Waals surface area contributed by atoms with Gasteiger partial charge in [-0.3, -0.25) is 4.79 Å². The van der Waals surface area contributed by atoms with Gasteiger partial charge in [-0.1, -0.05) is 6.07 Å². The van der Waals surface area contributed by atoms with Gasteiger partial charge in [0.05, 0.1) is 0 Å². The van der Waals surface area contributed by atoms with Gasteiger partial charge in [0.1, 0.15) is 11.9 Å². The van der Waals surface area contributed by atoms with Crippen LogP contribution in [0.5, 0.6) is 0 Å². The molecule has 1 fully saturated rings. The molecule has 2 rings (SSSR count). The van der Waals surface area contributed by atoms with Crippen molar-refractivity contribution < 1.29 is 19.1 Å². The summed E-state index contributed by atoms with van der Waals surface area (Å²) in [6, 6.07) is 3.25. The minimum Gasteiger partial charge on any atom is -0.480 e. The van der Waals surface area contributed by atoms with Crippen molar-refractivity contribution in [2.75, 3.05) is 0 Å². The third-order valence-electron chi connectivity index (χ3n) is 3.02. The van der Waals surface area contributed by atoms with Crippen molar-refractivity contribution in [1.82, 2.24) is 5.32 Å². The number of aryl methyl sites for hydroxylation is 1. The molecule has 0 spiro atoms. The van der Waals surface area contributed by atoms with E-state index >= 15 is 0 Å². The molecule has 1 aromatic carbocycles. The van der Waals surface area contributed by atoms with Crippen LogP contribution in [0.1, 0.15) is 23.5 Å². The summed E-state index contributed by atoms with van der Waals surface area (Å²) in [6.07, 6.45) is 0.128. The third-order valence-corrected chi connectivity index (χ3v) is 3.02. The molecule has 5 heteroatoms. The molecular formula is C12H12FNO3. The SMILES string of the molecule is Cc1cc(F)ccc1C1CC(=O)NC1C(=O)O. The van der Waals surface area contributed by atoms with Gasteiger partial charge in [-0.15, -0.1) is 0 Å². The molecule has 17 heavy (non-hydrogen) atoms. The maximum absolute atomic E-state index is 13.0. The molecule has 1 aliphatic rings. The number of rotatable bonds is 2. The van der Waals surface area contributed by atoms with Gasteiger partial charge in [0.25, 0.3) is 0 Å². The zero-order valence-electron chi connectivity index (χ0n) is 9.24. The number of carbonyl (C=O) groups is 2. The molecule has 1 heterocycles. The summed E-state index contributed by atoms with van der Waals surface area (Å²) in [5.41, 5.74) is 1.37. The molecule has 1 aliphatic heterocycles. The van der Waals surface area contributed by atoms with E-state index in [9.17, 15) is 14.0 Å². The van der Waals surface area contributed by atoms with Crippen molar-refractivity contribution in [3.8, 4) is 0 Å². The van der Waals surface area contributed by atoms with Crippen LogP contribution in [0.2, 0.25) is 0 Å². The molecule has 2 atom stereocenters. The van der Waals surface area contributed by atoms with Gasteiger partial charge < -0.3 is 10.4 Å². The lowest BCUT2D eigenvalue weighted by Gasteiger charge is -2.17. The first-order valence-electron chi connectivity index (χ1n) is 5.27. The highest BCUT2D eigenvalue weighted by atomic mass is 19.1. The Morgan fingerprint density at radius 1 is 1.53 bits per heavy atom. The number of amides is 1. The van der Waals surface area contributed by atoms with Gasteiger partial charge in [0.15, 0.2) is 0 Å². The van der Waals surface area contributed by atoms with Crippen LogP contribution in [0.4, 0.5) is 4.39 Å². The number of aliphatic carboxylic acids is 1. The minimum absolute atomic E-state index is 0.128. The first kappa shape index (κ1) is 11.6. The highest BCUT2D eigenvalue weighted by molar-refractivity contribution is 5.89. The third kappa shape index (κ3) is 2.13. The minimum atomic E-state index is -1.07. The Morgan fingerprint density at radius 3 is 2.82 bits per heavy atom. The Balaban J connectivity index is 2.38. The number of carboxylic acid groups (broad SMARTS) is 1. The monoisotopic (exact) mass is 237 g/mol. The number of halogens is 1. The van der Waals surface area contributed by atoms with E-state index in [1.54, 1.807) is 13.0 Å². The predicted octanol–water partition coefficient (Wildman–Crippen LogP) is 1.19. The molecule has 0 aliphatic carbocycles. The molecule has 1 aromatic rings. The van der Waals surface area contributed by atoms with E-state index in [0.29, 0.717) is 11.1 Å². The molecule has 0 aromatic heterocycles. The Labute approximate surface area is 97.4 Å². The van der Waals surface area contributed by atoms with Gasteiger partial charge in [0, 0.05) is 12.3 Å². The summed E-state index contributed by atoms with van der Waals surface area (Å²) in [6.45, 7) is 1.71. The average Bonchev–Trinajstić information content (AvgIpc) is 2.60. The van der Waals surface area contributed by atoms with Gasteiger partial charge in [-0.2, -0.15) is 0 Å². The lowest BCUT2D eigenvalue weighted by Crippen LogP contribution is -2.36. The van der Waals surface area contributed by atoms with Crippen LogP contribution in [0.3, 0.4) is 0 Å². The summed E-state index contributed by atoms with van der Waals surface area (Å²) in [7, 11) is 0. The zero-order valence-corrected chi connectivity index (χ0v) is 9.24. The van der Waals surface area contributed by atoms with E-state index in [4.69, 9.17) is 5.11 Å². The second-order valence-electron chi connectivity index (χ2n) is 4.19. The van der Waals surface area contributed by atoms with Crippen molar-refractivity contribution in [2.45, 2.75) is 25.3 Å². The standard InChI is InChI=1S/C12H12FNO3/c1-6-4-7(13)2-3-8(6)9-5-10(15)14-11(9)12(16)17/h2-4,9,11H,5H2,1H3,(H,14,15)(H,16,17). The summed E-state index contributed by atoms with van der Waals surface area (Å²) < 4.78 is 13.0. The van der Waals surface area contributed by atoms with Crippen molar-refractivity contribution in [2.24, 2.45) is 0 Å². The van der Waals surface area contributed by atoms with Crippen LogP contribution in [0.25, 0.3) is 0 Å². The van der Waals surface area contributed by atoms with E-state index < -0.39 is 17.9 Å². The van der Waals surface area contributed by atoms with E-state index in [0.717, 1.165) is 0 Å². The van der Waals surface area contributed by atoms with Crippen molar-refractivity contribution in [3.63, 3.8) is 0 Å². The molecule has 1 amide bonds. The van der Waals surface area contributed by atoms with E-state index in [2.05, 4.69) is 5.32 Å². The van der Waals surface area contributed by atoms with Crippen molar-refractivity contribution in [1.29, 1.82) is 0 Å². The number of carboxylic acids is 1. The van der Waals surface area contributed by atoms with Gasteiger partial charge in [-0.05, 0) is 30.2 Å². The van der Waals surface area contributed by atoms with Gasteiger partial charge >= 0.3 is 5.97 Å². The molecule has 1 saturated heterocycles. The topological polar surface area (TPSA) is 66.4 Å². The van der Waals surface area contributed by atoms with E-state index in [1.807, 2.05) is 0 Å². The fraction of sp³-hybridized carbons (Fsp3) is 0.333. The summed E-state index contributed by atoms with van der Waals surface area (Å²) >= 11 is 0. The molecule has 90 valence electrons. The fourth-order valence-corrected chi connectivity index (χ4v) is 2.23. The fourth-order valence-electron chi connectivity index (χ4n) is 2.23. The lowest BCUT2D eigenvalue weighted by atomic mass is 9.89. The molecule has 4 nitrogen and oxygen atoms in total. The first-order chi connectivity index (χ1) is 7.99. The smallest absolute Gasteiger partial charge is 0.326 e. The van der Waals surface area contributed by atoms with Crippen LogP contribution in [0, 0.1) is 12.7 Å². The molecule has 2 unspecified atom stereocenters. The highest BCUT2D eigenvalue weighted by Gasteiger charge is 2.38. The maximum atomic E-state index is 13.0. The molecule has 0 radical (unpaired) electrons. The van der Waals surface area contributed by atoms with Crippen LogP contribution in [0.15, 0.2) is 18.2 Å². The number of carbonyl (C=O) groups excluding carboxylic acids is 1. The number of nitrogens with one attached hydrogen (secondary N) is 1. The first-order valence-corrected chi connectivity index (χ1v) is 5.27. The average molecular weight is 237 g/mol. The Kier molecular flexibility index (Phi) is 2.83. The summed E-state index contributed by atoms with van der Waals surface area (Å²) in [4.78, 5) is 22.3. The van der Waals surface area contributed by atoms with Crippen molar-refractivity contribution in [3.05, 3.63) is 35.1 Å². The molecule has 0 bridgehead atoms. The second-order valence-corrected chi connectivity index (χ2v) is 4.19. The normalized spacial score (nSPS) is 23.5. The van der Waals surface area contributed by atoms with Gasteiger partial charge in [0.2, 0.25) is 5.91 Å². The van der Waals surface area contributed by atoms with Crippen LogP contribution >= 0.6 is 0 Å². The van der Waals surface area contributed by atoms with Crippen LogP contribution in [-0.4, -0.2) is 23.0 Å². The largest absolute Gasteiger partial charge is 0.480 e. The molecule has 2 N–H and O–H groups in total. The summed E-state index contributed by atoms with van der Waals surface area (Å²) in [5.74, 6) is -2.15. The van der Waals surface area contributed by atoms with Crippen molar-refractivity contribution >= 4 is 11.9 Å². The van der Waals surface area contributed by atoms with Crippen LogP contribution < -0.4 is 5.32 Å². The molecule has 0 saturated carbocycles. The summed E-state index contributed by atoms with van der Waals surface area (Å²) in [5, 5.41) is 11.4. The second kappa shape index (κ2) is 4.16. The number of hydrogen-bond acceptors (Lipinski definition) is 2. The molecular weight excluding hydrogens is 225 g/mol. The Hall–Kier alpha value is -1.91. The van der Waals surface area contributed by atoms with E-state index in [1.165, 1.54) is 12.1 Å². The van der Waals surface area contributed by atoms with E-state index in [-0.39, 0.29) is 18.1 Å². The maximum Gasteiger partial charge on any atom is 0.326 e. The Bertz CT molecular complexity index is 487. The quantitative estimate of drug-likeness (QED) is 0.812. The van der Waals surface area contributed by atoms with Gasteiger partial charge in [-0.25, -0.2) is 9.18 Å². The zero-order chi connectivity index (χ0) is 12.6. The lowest BCUT2D eigenvalue weighted by molar-refractivity contribution is -0.140. The highest BCUT2D eigenvalue weighted by Crippen LogP contribution is 2.31. The predicted molar refractivity (Wildman–Crippen MR) is 58.1 cm³/mol.